The standard InChI is InChI=1S/C6H11NO2/c1-4-2-3-5(7-4)6(8)9/h4-5,7H,2-3H2,1H3,(H,8,9)/p-1. The number of carboxylic acid groups (broad SMARTS) is 1. The van der Waals surface area contributed by atoms with Gasteiger partial charge in [-0.05, 0) is 19.8 Å². The van der Waals surface area contributed by atoms with Gasteiger partial charge in [0.2, 0.25) is 0 Å². The normalized spacial score (nSPS) is 34.8. The lowest BCUT2D eigenvalue weighted by Crippen LogP contribution is -2.43. The first-order chi connectivity index (χ1) is 4.20. The number of carbonyl (C=O) groups is 1. The van der Waals surface area contributed by atoms with Gasteiger partial charge in [0, 0.05) is 12.1 Å². The first kappa shape index (κ1) is 6.55. The van der Waals surface area contributed by atoms with Gasteiger partial charge < -0.3 is 15.2 Å². The molecule has 0 aliphatic carbocycles. The molecule has 3 nitrogen and oxygen atoms in total. The van der Waals surface area contributed by atoms with Crippen molar-refractivity contribution in [1.82, 2.24) is 5.32 Å². The summed E-state index contributed by atoms with van der Waals surface area (Å²) in [6.45, 7) is 1.98. The summed E-state index contributed by atoms with van der Waals surface area (Å²) in [4.78, 5) is 10.2. The Balaban J connectivity index is 2.39. The maximum Gasteiger partial charge on any atom is 0.0584 e. The lowest BCUT2D eigenvalue weighted by molar-refractivity contribution is -0.308. The predicted octanol–water partition coefficient (Wildman–Crippen LogP) is -1.12. The van der Waals surface area contributed by atoms with E-state index in [1.165, 1.54) is 0 Å². The van der Waals surface area contributed by atoms with Crippen molar-refractivity contribution in [3.8, 4) is 0 Å². The molecule has 0 aromatic rings. The van der Waals surface area contributed by atoms with E-state index >= 15 is 0 Å². The SMILES string of the molecule is CC1CCC(C(=O)[O-])N1. The van der Waals surface area contributed by atoms with Crippen LogP contribution in [0.25, 0.3) is 0 Å². The van der Waals surface area contributed by atoms with Gasteiger partial charge in [0.1, 0.15) is 0 Å². The smallest absolute Gasteiger partial charge is 0.0584 e. The van der Waals surface area contributed by atoms with E-state index in [1.807, 2.05) is 6.92 Å². The summed E-state index contributed by atoms with van der Waals surface area (Å²) in [7, 11) is 0. The number of hydrogen-bond acceptors (Lipinski definition) is 3. The van der Waals surface area contributed by atoms with Crippen molar-refractivity contribution in [3.63, 3.8) is 0 Å². The molecular formula is C6H10NO2-. The van der Waals surface area contributed by atoms with Crippen molar-refractivity contribution < 1.29 is 9.90 Å². The summed E-state index contributed by atoms with van der Waals surface area (Å²) in [6, 6.07) is -0.0621. The molecule has 0 saturated carbocycles. The van der Waals surface area contributed by atoms with Gasteiger partial charge >= 0.3 is 0 Å². The molecule has 9 heavy (non-hydrogen) atoms. The molecule has 0 bridgehead atoms. The van der Waals surface area contributed by atoms with E-state index < -0.39 is 12.0 Å². The van der Waals surface area contributed by atoms with E-state index in [-0.39, 0.29) is 0 Å². The van der Waals surface area contributed by atoms with Gasteiger partial charge in [0.25, 0.3) is 0 Å². The van der Waals surface area contributed by atoms with Gasteiger partial charge in [-0.2, -0.15) is 0 Å². The largest absolute Gasteiger partial charge is 0.548 e. The van der Waals surface area contributed by atoms with E-state index in [0.29, 0.717) is 12.5 Å². The topological polar surface area (TPSA) is 52.2 Å². The third kappa shape index (κ3) is 1.42. The summed E-state index contributed by atoms with van der Waals surface area (Å²) >= 11 is 0. The summed E-state index contributed by atoms with van der Waals surface area (Å²) < 4.78 is 0. The third-order valence-electron chi connectivity index (χ3n) is 1.66. The Morgan fingerprint density at radius 1 is 1.67 bits per heavy atom. The van der Waals surface area contributed by atoms with Gasteiger partial charge in [0.15, 0.2) is 0 Å². The molecule has 1 fully saturated rings. The molecular weight excluding hydrogens is 118 g/mol. The van der Waals surface area contributed by atoms with E-state index in [4.69, 9.17) is 0 Å². The molecule has 1 heterocycles. The lowest BCUT2D eigenvalue weighted by atomic mass is 10.2. The predicted molar refractivity (Wildman–Crippen MR) is 30.6 cm³/mol. The van der Waals surface area contributed by atoms with Crippen LogP contribution in [0.1, 0.15) is 19.8 Å². The Kier molecular flexibility index (Phi) is 1.71. The van der Waals surface area contributed by atoms with E-state index in [1.54, 1.807) is 0 Å². The second-order valence-corrected chi connectivity index (χ2v) is 2.52. The molecule has 0 aromatic carbocycles. The Hall–Kier alpha value is -0.570. The van der Waals surface area contributed by atoms with Gasteiger partial charge in [-0.15, -0.1) is 0 Å². The molecule has 1 N–H and O–H groups in total. The molecule has 2 atom stereocenters. The highest BCUT2D eigenvalue weighted by molar-refractivity contribution is 5.71. The fourth-order valence-corrected chi connectivity index (χ4v) is 1.11. The Morgan fingerprint density at radius 3 is 2.56 bits per heavy atom. The highest BCUT2D eigenvalue weighted by Gasteiger charge is 2.20. The second kappa shape index (κ2) is 2.35. The van der Waals surface area contributed by atoms with Crippen molar-refractivity contribution in [1.29, 1.82) is 0 Å². The summed E-state index contributed by atoms with van der Waals surface area (Å²) in [6.07, 6.45) is 1.65. The first-order valence-corrected chi connectivity index (χ1v) is 3.17. The molecule has 1 rings (SSSR count). The number of aliphatic carboxylic acids is 1. The second-order valence-electron chi connectivity index (χ2n) is 2.52. The molecule has 3 heteroatoms. The molecule has 1 saturated heterocycles. The van der Waals surface area contributed by atoms with Crippen LogP contribution in [0, 0.1) is 0 Å². The van der Waals surface area contributed by atoms with Crippen molar-refractivity contribution in [2.24, 2.45) is 0 Å². The lowest BCUT2D eigenvalue weighted by Gasteiger charge is -2.11. The van der Waals surface area contributed by atoms with Gasteiger partial charge in [-0.1, -0.05) is 0 Å². The Morgan fingerprint density at radius 2 is 2.33 bits per heavy atom. The molecule has 0 spiro atoms. The zero-order valence-electron chi connectivity index (χ0n) is 5.39. The van der Waals surface area contributed by atoms with Crippen LogP contribution in [-0.2, 0) is 4.79 Å². The quantitative estimate of drug-likeness (QED) is 0.486. The Bertz CT molecular complexity index is 124. The van der Waals surface area contributed by atoms with E-state index in [2.05, 4.69) is 5.32 Å². The van der Waals surface area contributed by atoms with Crippen LogP contribution in [0.2, 0.25) is 0 Å². The summed E-state index contributed by atoms with van der Waals surface area (Å²) in [5, 5.41) is 13.1. The highest BCUT2D eigenvalue weighted by atomic mass is 16.4. The number of hydrogen-bond donors (Lipinski definition) is 1. The fraction of sp³-hybridized carbons (Fsp3) is 0.833. The van der Waals surface area contributed by atoms with Crippen molar-refractivity contribution in [2.75, 3.05) is 0 Å². The third-order valence-corrected chi connectivity index (χ3v) is 1.66. The van der Waals surface area contributed by atoms with Crippen LogP contribution in [0.15, 0.2) is 0 Å². The van der Waals surface area contributed by atoms with Gasteiger partial charge in [0.05, 0.1) is 5.97 Å². The molecule has 0 amide bonds. The minimum Gasteiger partial charge on any atom is -0.548 e. The number of rotatable bonds is 1. The van der Waals surface area contributed by atoms with E-state index in [0.717, 1.165) is 6.42 Å². The van der Waals surface area contributed by atoms with Crippen LogP contribution in [-0.4, -0.2) is 18.1 Å². The number of carbonyl (C=O) groups excluding carboxylic acids is 1. The Labute approximate surface area is 54.1 Å². The van der Waals surface area contributed by atoms with Crippen molar-refractivity contribution in [2.45, 2.75) is 31.8 Å². The molecule has 2 unspecified atom stereocenters. The number of nitrogens with one attached hydrogen (secondary N) is 1. The minimum atomic E-state index is -0.973. The average molecular weight is 128 g/mol. The van der Waals surface area contributed by atoms with Crippen molar-refractivity contribution in [3.05, 3.63) is 0 Å². The summed E-state index contributed by atoms with van der Waals surface area (Å²) in [5.74, 6) is -0.973. The van der Waals surface area contributed by atoms with Crippen LogP contribution in [0.5, 0.6) is 0 Å². The monoisotopic (exact) mass is 128 g/mol. The van der Waals surface area contributed by atoms with Crippen LogP contribution in [0.3, 0.4) is 0 Å². The minimum absolute atomic E-state index is 0.341. The molecule has 0 aromatic heterocycles. The maximum absolute atomic E-state index is 10.2. The zero-order chi connectivity index (χ0) is 6.85. The zero-order valence-corrected chi connectivity index (χ0v) is 5.39. The molecule has 0 radical (unpaired) electrons. The fourth-order valence-electron chi connectivity index (χ4n) is 1.11. The molecule has 1 aliphatic rings. The van der Waals surface area contributed by atoms with Crippen molar-refractivity contribution >= 4 is 5.97 Å². The molecule has 1 aliphatic heterocycles. The van der Waals surface area contributed by atoms with Crippen LogP contribution in [0.4, 0.5) is 0 Å². The van der Waals surface area contributed by atoms with Crippen LogP contribution < -0.4 is 10.4 Å². The van der Waals surface area contributed by atoms with Gasteiger partial charge in [-0.3, -0.25) is 0 Å². The number of carboxylic acids is 1. The van der Waals surface area contributed by atoms with Crippen LogP contribution >= 0.6 is 0 Å². The summed E-state index contributed by atoms with van der Waals surface area (Å²) in [5.41, 5.74) is 0. The van der Waals surface area contributed by atoms with E-state index in [9.17, 15) is 9.90 Å². The average Bonchev–Trinajstić information content (AvgIpc) is 2.14. The first-order valence-electron chi connectivity index (χ1n) is 3.17. The maximum atomic E-state index is 10.2. The van der Waals surface area contributed by atoms with Gasteiger partial charge in [-0.25, -0.2) is 0 Å². The highest BCUT2D eigenvalue weighted by Crippen LogP contribution is 2.10. The molecule has 52 valence electrons.